The molecule has 0 saturated heterocycles. The van der Waals surface area contributed by atoms with Gasteiger partial charge in [-0.25, -0.2) is 9.97 Å². The van der Waals surface area contributed by atoms with Crippen LogP contribution in [0.1, 0.15) is 0 Å². The standard InChI is InChI=1S/C32H8Cl8N8.Ni/c33-9-1-2-10(34)18-17(9)25-41-26(18)46-28-21-13(37)5-6-14(38)22(21)30(43-28)48-32-24-16(40)8-7-15(39)23(24)31(44-32)47-29-20-12(36)4-3-11(35)19(20)27(42-29)45-25;/h1-8H;/q-2;+2. The van der Waals surface area contributed by atoms with Crippen LogP contribution in [-0.2, 0) is 16.5 Å². The first-order valence-corrected chi connectivity index (χ1v) is 16.8. The molecule has 8 bridgehead atoms. The number of benzene rings is 4. The van der Waals surface area contributed by atoms with Crippen molar-refractivity contribution >= 4 is 137 Å². The van der Waals surface area contributed by atoms with E-state index in [1.165, 1.54) is 0 Å². The fraction of sp³-hybridized carbons (Fsp3) is 0. The Balaban J connectivity index is 0.00000348. The topological polar surface area (TPSA) is 106 Å². The summed E-state index contributed by atoms with van der Waals surface area (Å²) in [5.74, 6) is 0.682. The van der Waals surface area contributed by atoms with Gasteiger partial charge in [-0.15, -0.1) is 0 Å². The molecule has 7 aromatic rings. The number of fused-ring (bicyclic) bond motifs is 20. The average Bonchev–Trinajstić information content (AvgIpc) is 3.80. The Morgan fingerprint density at radius 1 is 0.306 bits per heavy atom. The second kappa shape index (κ2) is 12.1. The van der Waals surface area contributed by atoms with Gasteiger partial charge in [0.25, 0.3) is 0 Å². The van der Waals surface area contributed by atoms with Crippen molar-refractivity contribution in [1.82, 2.24) is 39.9 Å². The number of aromatic nitrogens is 8. The summed E-state index contributed by atoms with van der Waals surface area (Å²) in [7, 11) is 0. The van der Waals surface area contributed by atoms with E-state index >= 15 is 0 Å². The summed E-state index contributed by atoms with van der Waals surface area (Å²) >= 11 is 53.9. The quantitative estimate of drug-likeness (QED) is 0.139. The summed E-state index contributed by atoms with van der Waals surface area (Å²) < 4.78 is 0. The van der Waals surface area contributed by atoms with Crippen LogP contribution in [0, 0.1) is 0 Å². The van der Waals surface area contributed by atoms with E-state index in [0.717, 1.165) is 0 Å². The first-order chi connectivity index (χ1) is 23.1. The molecule has 242 valence electrons. The third kappa shape index (κ3) is 5.01. The molecule has 49 heavy (non-hydrogen) atoms. The van der Waals surface area contributed by atoms with Crippen molar-refractivity contribution in [1.29, 1.82) is 0 Å². The smallest absolute Gasteiger partial charge is 0.357 e. The number of halogens is 8. The summed E-state index contributed by atoms with van der Waals surface area (Å²) in [4.78, 5) is 38.4. The van der Waals surface area contributed by atoms with Gasteiger partial charge in [0.1, 0.15) is 0 Å². The van der Waals surface area contributed by atoms with E-state index in [4.69, 9.17) is 133 Å². The predicted octanol–water partition coefficient (Wildman–Crippen LogP) is 11.4. The summed E-state index contributed by atoms with van der Waals surface area (Å²) in [5, 5.41) is 4.34. The molecular formula is C32H8Cl8N8Ni. The molecule has 5 heterocycles. The molecule has 0 unspecified atom stereocenters. The van der Waals surface area contributed by atoms with Gasteiger partial charge in [0.15, 0.2) is 0 Å². The van der Waals surface area contributed by atoms with Gasteiger partial charge >= 0.3 is 16.5 Å². The molecule has 2 aliphatic rings. The Kier molecular flexibility index (Phi) is 8.19. The van der Waals surface area contributed by atoms with Crippen molar-refractivity contribution in [2.45, 2.75) is 0 Å². The molecule has 0 radical (unpaired) electrons. The van der Waals surface area contributed by atoms with Crippen LogP contribution in [-0.4, -0.2) is 29.9 Å². The molecule has 0 spiro atoms. The van der Waals surface area contributed by atoms with Crippen LogP contribution in [0.2, 0.25) is 40.2 Å². The van der Waals surface area contributed by atoms with Gasteiger partial charge in [-0.05, 0) is 48.5 Å². The van der Waals surface area contributed by atoms with E-state index in [-0.39, 0.29) is 62.4 Å². The monoisotopic (exact) mass is 842 g/mol. The SMILES string of the molecule is Clc1ccc(Cl)c2c1-c1nc-2nc2[n-]c(nc3nc(nc4[n-]c(n1)c1c(Cl)ccc(Cl)c41)-c1c(Cl)ccc(Cl)c1-3)c1c(Cl)ccc(Cl)c21.[Ni+2]. The molecule has 0 amide bonds. The number of rotatable bonds is 0. The molecule has 4 aromatic carbocycles. The number of hydrogen-bond donors (Lipinski definition) is 0. The van der Waals surface area contributed by atoms with Crippen molar-refractivity contribution in [2.24, 2.45) is 0 Å². The molecule has 0 fully saturated rings. The van der Waals surface area contributed by atoms with Gasteiger partial charge < -0.3 is 29.9 Å². The Bertz CT molecular complexity index is 2430. The zero-order chi connectivity index (χ0) is 33.2. The third-order valence-electron chi connectivity index (χ3n) is 7.90. The van der Waals surface area contributed by atoms with Gasteiger partial charge in [0, 0.05) is 86.5 Å². The zero-order valence-corrected chi connectivity index (χ0v) is 30.6. The normalized spacial score (nSPS) is 11.9. The second-order valence-corrected chi connectivity index (χ2v) is 13.9. The Morgan fingerprint density at radius 2 is 0.510 bits per heavy atom. The van der Waals surface area contributed by atoms with Gasteiger partial charge in [0.05, 0.1) is 43.4 Å². The van der Waals surface area contributed by atoms with Crippen molar-refractivity contribution in [3.63, 3.8) is 0 Å². The minimum Gasteiger partial charge on any atom is -0.357 e. The van der Waals surface area contributed by atoms with Crippen molar-refractivity contribution < 1.29 is 16.5 Å². The maximum atomic E-state index is 6.74. The Hall–Kier alpha value is -2.95. The average molecular weight is 847 g/mol. The fourth-order valence-electron chi connectivity index (χ4n) is 5.85. The third-order valence-corrected chi connectivity index (χ3v) is 10.4. The molecule has 0 aliphatic carbocycles. The van der Waals surface area contributed by atoms with Crippen LogP contribution in [0.15, 0.2) is 48.5 Å². The predicted molar refractivity (Wildman–Crippen MR) is 194 cm³/mol. The maximum absolute atomic E-state index is 6.74. The van der Waals surface area contributed by atoms with E-state index in [0.29, 0.717) is 84.0 Å². The van der Waals surface area contributed by atoms with Crippen LogP contribution < -0.4 is 9.97 Å². The number of nitrogens with zero attached hydrogens (tertiary/aromatic N) is 8. The van der Waals surface area contributed by atoms with Crippen LogP contribution in [0.5, 0.6) is 0 Å². The minimum absolute atomic E-state index is 0. The van der Waals surface area contributed by atoms with Crippen LogP contribution >= 0.6 is 92.8 Å². The summed E-state index contributed by atoms with van der Waals surface area (Å²) in [5.41, 5.74) is 2.40. The van der Waals surface area contributed by atoms with Crippen LogP contribution in [0.3, 0.4) is 0 Å². The van der Waals surface area contributed by atoms with E-state index < -0.39 is 0 Å². The summed E-state index contributed by atoms with van der Waals surface area (Å²) in [6, 6.07) is 13.1. The minimum atomic E-state index is 0. The second-order valence-electron chi connectivity index (χ2n) is 10.6. The first-order valence-electron chi connectivity index (χ1n) is 13.7. The summed E-state index contributed by atoms with van der Waals surface area (Å²) in [6.45, 7) is 0. The molecule has 3 aromatic heterocycles. The van der Waals surface area contributed by atoms with Crippen molar-refractivity contribution in [3.8, 4) is 45.6 Å². The van der Waals surface area contributed by atoms with Gasteiger partial charge in [-0.2, -0.15) is 0 Å². The van der Waals surface area contributed by atoms with Crippen LogP contribution in [0.4, 0.5) is 0 Å². The van der Waals surface area contributed by atoms with E-state index in [1.54, 1.807) is 48.5 Å². The Morgan fingerprint density at radius 3 is 0.735 bits per heavy atom. The molecule has 8 nitrogen and oxygen atoms in total. The molecular weight excluding hydrogens is 839 g/mol. The fourth-order valence-corrected chi connectivity index (χ4v) is 7.79. The Labute approximate surface area is 325 Å². The van der Waals surface area contributed by atoms with Crippen molar-refractivity contribution in [2.75, 3.05) is 0 Å². The molecule has 17 heteroatoms. The van der Waals surface area contributed by atoms with Crippen molar-refractivity contribution in [3.05, 3.63) is 88.7 Å². The maximum Gasteiger partial charge on any atom is 2.00 e. The first kappa shape index (κ1) is 33.2. The van der Waals surface area contributed by atoms with E-state index in [1.807, 2.05) is 0 Å². The molecule has 2 aliphatic heterocycles. The zero-order valence-electron chi connectivity index (χ0n) is 23.5. The number of hydrogen-bond acceptors (Lipinski definition) is 6. The molecule has 9 rings (SSSR count). The largest absolute Gasteiger partial charge is 2.00 e. The van der Waals surface area contributed by atoms with E-state index in [9.17, 15) is 0 Å². The molecule has 0 saturated carbocycles. The van der Waals surface area contributed by atoms with Gasteiger partial charge in [0.2, 0.25) is 0 Å². The van der Waals surface area contributed by atoms with Crippen LogP contribution in [0.25, 0.3) is 89.7 Å². The molecule has 0 N–H and O–H groups in total. The van der Waals surface area contributed by atoms with Gasteiger partial charge in [-0.3, -0.25) is 0 Å². The van der Waals surface area contributed by atoms with E-state index in [2.05, 4.69) is 0 Å². The summed E-state index contributed by atoms with van der Waals surface area (Å²) in [6.07, 6.45) is 0. The molecule has 0 atom stereocenters. The van der Waals surface area contributed by atoms with Gasteiger partial charge in [-0.1, -0.05) is 92.8 Å².